The van der Waals surface area contributed by atoms with Crippen molar-refractivity contribution in [3.05, 3.63) is 47.5 Å². The number of benzene rings is 2. The van der Waals surface area contributed by atoms with Crippen LogP contribution in [0.4, 0.5) is 0 Å². The number of thiocarbonyl (C=S) groups is 1. The van der Waals surface area contributed by atoms with Crippen molar-refractivity contribution in [1.29, 1.82) is 0 Å². The maximum absolute atomic E-state index is 11.1. The fraction of sp³-hybridized carbons (Fsp3) is 0.200. The van der Waals surface area contributed by atoms with Crippen LogP contribution >= 0.6 is 12.2 Å². The number of hydrogen-bond acceptors (Lipinski definition) is 3. The fourth-order valence-electron chi connectivity index (χ4n) is 2.00. The van der Waals surface area contributed by atoms with Gasteiger partial charge in [-0.3, -0.25) is 4.79 Å². The summed E-state index contributed by atoms with van der Waals surface area (Å²) in [7, 11) is 0. The Bertz CT molecular complexity index is 610. The van der Waals surface area contributed by atoms with E-state index in [1.165, 1.54) is 0 Å². The molecule has 0 unspecified atom stereocenters. The molecule has 0 fully saturated rings. The maximum atomic E-state index is 11.1. The standard InChI is InChI=1S/C15H15NO2S/c1-2-18-15(19)16-9-14-12(10-17)8-7-11-5-3-4-6-13(11)14/h3-8,10H,2,9H2,1H3,(H,16,19). The summed E-state index contributed by atoms with van der Waals surface area (Å²) in [5, 5.41) is 5.53. The predicted molar refractivity (Wildman–Crippen MR) is 80.4 cm³/mol. The molecular weight excluding hydrogens is 258 g/mol. The number of fused-ring (bicyclic) bond motifs is 1. The third-order valence-electron chi connectivity index (χ3n) is 2.89. The zero-order valence-electron chi connectivity index (χ0n) is 10.7. The quantitative estimate of drug-likeness (QED) is 0.686. The minimum Gasteiger partial charge on any atom is -0.471 e. The largest absolute Gasteiger partial charge is 0.471 e. The first-order valence-electron chi connectivity index (χ1n) is 6.12. The fourth-order valence-corrected chi connectivity index (χ4v) is 2.19. The van der Waals surface area contributed by atoms with Crippen LogP contribution in [0.25, 0.3) is 10.8 Å². The van der Waals surface area contributed by atoms with Crippen LogP contribution in [0.3, 0.4) is 0 Å². The molecule has 2 rings (SSSR count). The smallest absolute Gasteiger partial charge is 0.256 e. The lowest BCUT2D eigenvalue weighted by Crippen LogP contribution is -2.24. The predicted octanol–water partition coefficient (Wildman–Crippen LogP) is 3.06. The van der Waals surface area contributed by atoms with Crippen LogP contribution in [-0.2, 0) is 11.3 Å². The number of ether oxygens (including phenoxy) is 1. The van der Waals surface area contributed by atoms with Gasteiger partial charge in [0.1, 0.15) is 6.29 Å². The monoisotopic (exact) mass is 273 g/mol. The molecular formula is C15H15NO2S. The van der Waals surface area contributed by atoms with Gasteiger partial charge in [0.05, 0.1) is 6.61 Å². The Morgan fingerprint density at radius 3 is 2.84 bits per heavy atom. The normalized spacial score (nSPS) is 10.2. The third-order valence-corrected chi connectivity index (χ3v) is 3.15. The molecule has 0 aromatic heterocycles. The second-order valence-electron chi connectivity index (χ2n) is 4.05. The summed E-state index contributed by atoms with van der Waals surface area (Å²) in [6.07, 6.45) is 0.868. The van der Waals surface area contributed by atoms with Crippen molar-refractivity contribution in [2.45, 2.75) is 13.5 Å². The molecule has 0 amide bonds. The van der Waals surface area contributed by atoms with Gasteiger partial charge in [-0.05, 0) is 35.5 Å². The highest BCUT2D eigenvalue weighted by Gasteiger charge is 2.07. The van der Waals surface area contributed by atoms with Crippen LogP contribution in [0.1, 0.15) is 22.8 Å². The number of carbonyl (C=O) groups excluding carboxylic acids is 1. The second kappa shape index (κ2) is 6.29. The van der Waals surface area contributed by atoms with Crippen LogP contribution < -0.4 is 5.32 Å². The molecule has 1 N–H and O–H groups in total. The molecule has 0 radical (unpaired) electrons. The molecule has 98 valence electrons. The van der Waals surface area contributed by atoms with Crippen molar-refractivity contribution in [3.8, 4) is 0 Å². The Balaban J connectivity index is 2.33. The molecule has 0 atom stereocenters. The molecule has 0 saturated heterocycles. The number of hydrogen-bond donors (Lipinski definition) is 1. The van der Waals surface area contributed by atoms with Gasteiger partial charge in [-0.25, -0.2) is 0 Å². The van der Waals surface area contributed by atoms with Gasteiger partial charge in [-0.15, -0.1) is 0 Å². The number of nitrogens with one attached hydrogen (secondary N) is 1. The summed E-state index contributed by atoms with van der Waals surface area (Å²) < 4.78 is 5.18. The number of aldehydes is 1. The van der Waals surface area contributed by atoms with Crippen LogP contribution in [0.15, 0.2) is 36.4 Å². The highest BCUT2D eigenvalue weighted by atomic mass is 32.1. The molecule has 0 aliphatic heterocycles. The van der Waals surface area contributed by atoms with Gasteiger partial charge >= 0.3 is 0 Å². The zero-order chi connectivity index (χ0) is 13.7. The minimum absolute atomic E-state index is 0.354. The average molecular weight is 273 g/mol. The van der Waals surface area contributed by atoms with E-state index in [4.69, 9.17) is 17.0 Å². The lowest BCUT2D eigenvalue weighted by Gasteiger charge is -2.12. The lowest BCUT2D eigenvalue weighted by molar-refractivity contribution is 0.112. The van der Waals surface area contributed by atoms with Crippen LogP contribution in [0.2, 0.25) is 0 Å². The van der Waals surface area contributed by atoms with Crippen molar-refractivity contribution in [2.75, 3.05) is 6.61 Å². The van der Waals surface area contributed by atoms with E-state index in [0.29, 0.717) is 23.9 Å². The van der Waals surface area contributed by atoms with Crippen LogP contribution in [0.5, 0.6) is 0 Å². The van der Waals surface area contributed by atoms with Crippen LogP contribution in [0, 0.1) is 0 Å². The van der Waals surface area contributed by atoms with E-state index in [1.54, 1.807) is 0 Å². The first-order valence-corrected chi connectivity index (χ1v) is 6.53. The Hall–Kier alpha value is -1.94. The number of rotatable bonds is 4. The first-order chi connectivity index (χ1) is 9.26. The molecule has 0 spiro atoms. The van der Waals surface area contributed by atoms with E-state index in [-0.39, 0.29) is 0 Å². The van der Waals surface area contributed by atoms with Crippen molar-refractivity contribution < 1.29 is 9.53 Å². The molecule has 2 aromatic carbocycles. The SMILES string of the molecule is CCOC(=S)NCc1c(C=O)ccc2ccccc12. The second-order valence-corrected chi connectivity index (χ2v) is 4.42. The summed E-state index contributed by atoms with van der Waals surface area (Å²) >= 11 is 5.03. The maximum Gasteiger partial charge on any atom is 0.256 e. The molecule has 0 bridgehead atoms. The molecule has 0 saturated carbocycles. The zero-order valence-corrected chi connectivity index (χ0v) is 11.5. The summed E-state index contributed by atoms with van der Waals surface area (Å²) in [5.41, 5.74) is 1.61. The van der Waals surface area contributed by atoms with Crippen LogP contribution in [-0.4, -0.2) is 18.1 Å². The Morgan fingerprint density at radius 2 is 2.11 bits per heavy atom. The molecule has 19 heavy (non-hydrogen) atoms. The Labute approximate surface area is 117 Å². The first kappa shape index (κ1) is 13.5. The van der Waals surface area contributed by atoms with Crippen molar-refractivity contribution >= 4 is 34.5 Å². The van der Waals surface area contributed by atoms with Gasteiger partial charge in [0.25, 0.3) is 5.17 Å². The average Bonchev–Trinajstić information content (AvgIpc) is 2.44. The highest BCUT2D eigenvalue weighted by Crippen LogP contribution is 2.21. The van der Waals surface area contributed by atoms with Crippen molar-refractivity contribution in [3.63, 3.8) is 0 Å². The van der Waals surface area contributed by atoms with Crippen molar-refractivity contribution in [1.82, 2.24) is 5.32 Å². The molecule has 0 heterocycles. The topological polar surface area (TPSA) is 38.3 Å². The Kier molecular flexibility index (Phi) is 4.47. The summed E-state index contributed by atoms with van der Waals surface area (Å²) in [6.45, 7) is 2.89. The molecule has 0 aliphatic rings. The highest BCUT2D eigenvalue weighted by molar-refractivity contribution is 7.80. The van der Waals surface area contributed by atoms with E-state index in [9.17, 15) is 4.79 Å². The van der Waals surface area contributed by atoms with Gasteiger partial charge in [0, 0.05) is 12.1 Å². The molecule has 4 heteroatoms. The number of carbonyl (C=O) groups is 1. The molecule has 3 nitrogen and oxygen atoms in total. The van der Waals surface area contributed by atoms with Crippen molar-refractivity contribution in [2.24, 2.45) is 0 Å². The third kappa shape index (κ3) is 3.09. The summed E-state index contributed by atoms with van der Waals surface area (Å²) in [6, 6.07) is 11.7. The lowest BCUT2D eigenvalue weighted by atomic mass is 9.99. The van der Waals surface area contributed by atoms with Gasteiger partial charge in [0.2, 0.25) is 0 Å². The van der Waals surface area contributed by atoms with Gasteiger partial charge in [-0.1, -0.05) is 36.4 Å². The van der Waals surface area contributed by atoms with E-state index in [2.05, 4.69) is 5.32 Å². The molecule has 2 aromatic rings. The summed E-state index contributed by atoms with van der Waals surface area (Å²) in [4.78, 5) is 11.1. The van der Waals surface area contributed by atoms with Gasteiger partial charge in [-0.2, -0.15) is 0 Å². The van der Waals surface area contributed by atoms with Gasteiger partial charge in [0.15, 0.2) is 0 Å². The van der Waals surface area contributed by atoms with E-state index in [1.807, 2.05) is 43.3 Å². The Morgan fingerprint density at radius 1 is 1.32 bits per heavy atom. The van der Waals surface area contributed by atoms with E-state index >= 15 is 0 Å². The van der Waals surface area contributed by atoms with E-state index < -0.39 is 0 Å². The molecule has 0 aliphatic carbocycles. The van der Waals surface area contributed by atoms with Gasteiger partial charge < -0.3 is 10.1 Å². The van der Waals surface area contributed by atoms with E-state index in [0.717, 1.165) is 22.6 Å². The minimum atomic E-state index is 0.354. The summed E-state index contributed by atoms with van der Waals surface area (Å²) in [5.74, 6) is 0.